The van der Waals surface area contributed by atoms with Crippen LogP contribution < -0.4 is 11.1 Å². The van der Waals surface area contributed by atoms with Crippen LogP contribution in [0.3, 0.4) is 0 Å². The zero-order chi connectivity index (χ0) is 13.0. The second kappa shape index (κ2) is 5.63. The molecule has 18 heavy (non-hydrogen) atoms. The van der Waals surface area contributed by atoms with Gasteiger partial charge in [-0.2, -0.15) is 0 Å². The third-order valence-corrected chi connectivity index (χ3v) is 2.84. The number of rotatable bonds is 3. The lowest BCUT2D eigenvalue weighted by Gasteiger charge is -2.17. The molecule has 0 radical (unpaired) electrons. The maximum atomic E-state index is 12.2. The zero-order valence-corrected chi connectivity index (χ0v) is 10.1. The molecule has 1 fully saturated rings. The number of nitrogens with zero attached hydrogens (tertiary/aromatic N) is 3. The van der Waals surface area contributed by atoms with Gasteiger partial charge < -0.3 is 20.5 Å². The molecule has 1 aliphatic rings. The summed E-state index contributed by atoms with van der Waals surface area (Å²) in [5.74, 6) is -0.152. The minimum absolute atomic E-state index is 0.0149. The van der Waals surface area contributed by atoms with Crippen molar-refractivity contribution in [2.75, 3.05) is 26.2 Å². The van der Waals surface area contributed by atoms with Crippen molar-refractivity contribution in [2.45, 2.75) is 13.0 Å². The topological polar surface area (TPSA) is 93.2 Å². The van der Waals surface area contributed by atoms with Crippen LogP contribution in [0, 0.1) is 0 Å². The molecule has 0 aliphatic carbocycles. The summed E-state index contributed by atoms with van der Waals surface area (Å²) in [5, 5.41) is 2.73. The van der Waals surface area contributed by atoms with Gasteiger partial charge in [-0.05, 0) is 0 Å². The molecule has 7 heteroatoms. The first-order valence-electron chi connectivity index (χ1n) is 5.98. The Morgan fingerprint density at radius 3 is 3.11 bits per heavy atom. The fraction of sp³-hybridized carbons (Fsp3) is 0.545. The molecule has 2 amide bonds. The van der Waals surface area contributed by atoms with Gasteiger partial charge in [0.15, 0.2) is 0 Å². The van der Waals surface area contributed by atoms with Gasteiger partial charge in [-0.15, -0.1) is 0 Å². The van der Waals surface area contributed by atoms with E-state index in [1.807, 2.05) is 0 Å². The average Bonchev–Trinajstić information content (AvgIpc) is 2.71. The first-order chi connectivity index (χ1) is 8.70. The van der Waals surface area contributed by atoms with Crippen LogP contribution in [-0.4, -0.2) is 52.4 Å². The number of imidazole rings is 1. The van der Waals surface area contributed by atoms with Gasteiger partial charge in [0.05, 0.1) is 6.33 Å². The molecule has 98 valence electrons. The Kier molecular flexibility index (Phi) is 3.93. The Labute approximate surface area is 105 Å². The molecule has 0 saturated carbocycles. The highest BCUT2D eigenvalue weighted by Crippen LogP contribution is 2.05. The standard InChI is InChI=1S/C11H17N5O2/c12-2-5-15-7-9(14-8-15)11(18)16-4-1-10(17)13-3-6-16/h7-8H,1-6,12H2,(H,13,17). The van der Waals surface area contributed by atoms with Crippen molar-refractivity contribution in [1.82, 2.24) is 19.8 Å². The number of amides is 2. The fourth-order valence-electron chi connectivity index (χ4n) is 1.87. The molecule has 7 nitrogen and oxygen atoms in total. The van der Waals surface area contributed by atoms with Gasteiger partial charge >= 0.3 is 0 Å². The Bertz CT molecular complexity index is 442. The molecular weight excluding hydrogens is 234 g/mol. The number of hydrogen-bond donors (Lipinski definition) is 2. The second-order valence-corrected chi connectivity index (χ2v) is 4.18. The molecule has 1 saturated heterocycles. The first-order valence-corrected chi connectivity index (χ1v) is 5.98. The Morgan fingerprint density at radius 2 is 2.33 bits per heavy atom. The lowest BCUT2D eigenvalue weighted by molar-refractivity contribution is -0.120. The summed E-state index contributed by atoms with van der Waals surface area (Å²) in [7, 11) is 0. The lowest BCUT2D eigenvalue weighted by atomic mass is 10.3. The van der Waals surface area contributed by atoms with Gasteiger partial charge in [0.25, 0.3) is 5.91 Å². The summed E-state index contributed by atoms with van der Waals surface area (Å²) in [6.45, 7) is 2.60. The van der Waals surface area contributed by atoms with Crippen molar-refractivity contribution < 1.29 is 9.59 Å². The normalized spacial score (nSPS) is 16.3. The van der Waals surface area contributed by atoms with Crippen LogP contribution in [0.1, 0.15) is 16.9 Å². The van der Waals surface area contributed by atoms with E-state index >= 15 is 0 Å². The number of aromatic nitrogens is 2. The van der Waals surface area contributed by atoms with Crippen molar-refractivity contribution in [3.8, 4) is 0 Å². The van der Waals surface area contributed by atoms with E-state index in [0.29, 0.717) is 44.8 Å². The molecule has 0 spiro atoms. The van der Waals surface area contributed by atoms with E-state index in [2.05, 4.69) is 10.3 Å². The quantitative estimate of drug-likeness (QED) is 0.706. The zero-order valence-electron chi connectivity index (χ0n) is 10.1. The molecule has 0 atom stereocenters. The number of carbonyl (C=O) groups is 2. The molecule has 0 unspecified atom stereocenters. The van der Waals surface area contributed by atoms with Crippen molar-refractivity contribution in [1.29, 1.82) is 0 Å². The van der Waals surface area contributed by atoms with Gasteiger partial charge in [0.1, 0.15) is 5.69 Å². The summed E-state index contributed by atoms with van der Waals surface area (Å²) in [6, 6.07) is 0. The number of nitrogens with two attached hydrogens (primary N) is 1. The third kappa shape index (κ3) is 2.86. The van der Waals surface area contributed by atoms with Crippen LogP contribution in [0.4, 0.5) is 0 Å². The minimum Gasteiger partial charge on any atom is -0.354 e. The third-order valence-electron chi connectivity index (χ3n) is 2.84. The van der Waals surface area contributed by atoms with Crippen LogP contribution in [0.2, 0.25) is 0 Å². The summed E-state index contributed by atoms with van der Waals surface area (Å²) < 4.78 is 1.79. The molecule has 3 N–H and O–H groups in total. The van der Waals surface area contributed by atoms with E-state index in [0.717, 1.165) is 0 Å². The first kappa shape index (κ1) is 12.6. The van der Waals surface area contributed by atoms with Gasteiger partial charge in [0, 0.05) is 45.3 Å². The van der Waals surface area contributed by atoms with Gasteiger partial charge in [0.2, 0.25) is 5.91 Å². The summed E-state index contributed by atoms with van der Waals surface area (Å²) in [6.07, 6.45) is 3.63. The molecular formula is C11H17N5O2. The molecule has 0 bridgehead atoms. The number of carbonyl (C=O) groups excluding carboxylic acids is 2. The van der Waals surface area contributed by atoms with E-state index in [1.165, 1.54) is 0 Å². The van der Waals surface area contributed by atoms with Crippen molar-refractivity contribution >= 4 is 11.8 Å². The van der Waals surface area contributed by atoms with Crippen LogP contribution in [0.15, 0.2) is 12.5 Å². The predicted octanol–water partition coefficient (Wildman–Crippen LogP) is -1.20. The summed E-state index contributed by atoms with van der Waals surface area (Å²) >= 11 is 0. The van der Waals surface area contributed by atoms with E-state index < -0.39 is 0 Å². The Morgan fingerprint density at radius 1 is 1.50 bits per heavy atom. The van der Waals surface area contributed by atoms with Crippen LogP contribution in [0.5, 0.6) is 0 Å². The predicted molar refractivity (Wildman–Crippen MR) is 64.8 cm³/mol. The average molecular weight is 251 g/mol. The maximum Gasteiger partial charge on any atom is 0.274 e. The number of hydrogen-bond acceptors (Lipinski definition) is 4. The summed E-state index contributed by atoms with van der Waals surface area (Å²) in [4.78, 5) is 29.1. The van der Waals surface area contributed by atoms with E-state index in [9.17, 15) is 9.59 Å². The van der Waals surface area contributed by atoms with Crippen molar-refractivity contribution in [2.24, 2.45) is 5.73 Å². The fourth-order valence-corrected chi connectivity index (χ4v) is 1.87. The molecule has 1 aromatic rings. The monoisotopic (exact) mass is 251 g/mol. The Balaban J connectivity index is 2.02. The lowest BCUT2D eigenvalue weighted by Crippen LogP contribution is -2.34. The highest BCUT2D eigenvalue weighted by molar-refractivity contribution is 5.92. The van der Waals surface area contributed by atoms with Crippen molar-refractivity contribution in [3.63, 3.8) is 0 Å². The second-order valence-electron chi connectivity index (χ2n) is 4.18. The molecule has 2 rings (SSSR count). The van der Waals surface area contributed by atoms with Gasteiger partial charge in [-0.3, -0.25) is 9.59 Å². The van der Waals surface area contributed by atoms with Gasteiger partial charge in [-0.25, -0.2) is 4.98 Å². The SMILES string of the molecule is NCCn1cnc(C(=O)N2CCNC(=O)CC2)c1. The highest BCUT2D eigenvalue weighted by atomic mass is 16.2. The van der Waals surface area contributed by atoms with Gasteiger partial charge in [-0.1, -0.05) is 0 Å². The van der Waals surface area contributed by atoms with E-state index in [1.54, 1.807) is 22.0 Å². The molecule has 1 aliphatic heterocycles. The van der Waals surface area contributed by atoms with Crippen molar-refractivity contribution in [3.05, 3.63) is 18.2 Å². The Hall–Kier alpha value is -1.89. The smallest absolute Gasteiger partial charge is 0.274 e. The minimum atomic E-state index is -0.137. The van der Waals surface area contributed by atoms with E-state index in [-0.39, 0.29) is 11.8 Å². The summed E-state index contributed by atoms with van der Waals surface area (Å²) in [5.41, 5.74) is 5.84. The maximum absolute atomic E-state index is 12.2. The highest BCUT2D eigenvalue weighted by Gasteiger charge is 2.21. The van der Waals surface area contributed by atoms with E-state index in [4.69, 9.17) is 5.73 Å². The largest absolute Gasteiger partial charge is 0.354 e. The van der Waals surface area contributed by atoms with Crippen LogP contribution in [-0.2, 0) is 11.3 Å². The molecule has 2 heterocycles. The van der Waals surface area contributed by atoms with Crippen LogP contribution in [0.25, 0.3) is 0 Å². The molecule has 1 aromatic heterocycles. The van der Waals surface area contributed by atoms with Crippen LogP contribution >= 0.6 is 0 Å². The number of nitrogens with one attached hydrogen (secondary N) is 1. The molecule has 0 aromatic carbocycles.